The zero-order valence-corrected chi connectivity index (χ0v) is 18.9. The summed E-state index contributed by atoms with van der Waals surface area (Å²) in [5.41, 5.74) is -2.83. The van der Waals surface area contributed by atoms with Gasteiger partial charge in [0.25, 0.3) is 0 Å². The average molecular weight is 509 g/mol. The molecule has 0 aliphatic heterocycles. The third-order valence-corrected chi connectivity index (χ3v) is 6.61. The number of carboxylic acids is 2. The van der Waals surface area contributed by atoms with Gasteiger partial charge in [0.05, 0.1) is 5.92 Å². The number of aromatic amines is 1. The second-order valence-electron chi connectivity index (χ2n) is 8.98. The number of aliphatic carboxylic acids is 2. The summed E-state index contributed by atoms with van der Waals surface area (Å²) in [4.78, 5) is 50.1. The molecule has 2 fully saturated rings. The molecule has 12 nitrogen and oxygen atoms in total. The molecule has 3 rings (SSSR count). The van der Waals surface area contributed by atoms with Crippen molar-refractivity contribution < 1.29 is 47.3 Å². The number of hydrogen-bond acceptors (Lipinski definition) is 8. The van der Waals surface area contributed by atoms with Crippen LogP contribution in [0.2, 0.25) is 0 Å². The minimum absolute atomic E-state index is 0.258. The second kappa shape index (κ2) is 8.63. The quantitative estimate of drug-likeness (QED) is 0.357. The molecule has 1 heterocycles. The molecule has 2 saturated carbocycles. The first kappa shape index (κ1) is 25.6. The van der Waals surface area contributed by atoms with Gasteiger partial charge in [-0.3, -0.25) is 9.59 Å². The SMILES string of the molecule is CC(C)(C)OC(=O)NCC(=O)N[C@@]1(C(=O)O)C[C@@H](Sc2nnc(C(F)(F)F)[nH]2)[C@H]2[C@H](C(=O)O)[C@H]21. The largest absolute Gasteiger partial charge is 0.481 e. The minimum Gasteiger partial charge on any atom is -0.481 e. The molecule has 34 heavy (non-hydrogen) atoms. The Hall–Kier alpha value is -3.04. The minimum atomic E-state index is -4.77. The van der Waals surface area contributed by atoms with Crippen LogP contribution in [0.4, 0.5) is 18.0 Å². The van der Waals surface area contributed by atoms with Gasteiger partial charge in [-0.25, -0.2) is 9.59 Å². The summed E-state index contributed by atoms with van der Waals surface area (Å²) in [6.45, 7) is 4.18. The first-order chi connectivity index (χ1) is 15.5. The van der Waals surface area contributed by atoms with Crippen LogP contribution in [0.1, 0.15) is 33.0 Å². The van der Waals surface area contributed by atoms with Gasteiger partial charge in [-0.2, -0.15) is 13.2 Å². The van der Waals surface area contributed by atoms with Crippen LogP contribution in [-0.2, 0) is 25.3 Å². The van der Waals surface area contributed by atoms with Crippen LogP contribution in [0.3, 0.4) is 0 Å². The van der Waals surface area contributed by atoms with Crippen LogP contribution in [0.5, 0.6) is 0 Å². The van der Waals surface area contributed by atoms with E-state index in [1.54, 1.807) is 20.8 Å². The van der Waals surface area contributed by atoms with Gasteiger partial charge in [-0.1, -0.05) is 11.8 Å². The van der Waals surface area contributed by atoms with Crippen molar-refractivity contribution in [3.05, 3.63) is 5.82 Å². The number of carbonyl (C=O) groups is 4. The second-order valence-corrected chi connectivity index (χ2v) is 10.2. The number of hydrogen-bond donors (Lipinski definition) is 5. The van der Waals surface area contributed by atoms with E-state index >= 15 is 0 Å². The summed E-state index contributed by atoms with van der Waals surface area (Å²) in [7, 11) is 0. The monoisotopic (exact) mass is 509 g/mol. The standard InChI is InChI=1S/C18H22F3N5O7S/c1-16(2,3)33-15(32)22-5-7(27)24-17(13(30)31)4-6(8-9(10(8)17)11(28)29)34-14-23-12(25-26-14)18(19,20)21/h6,8-10H,4-5H2,1-3H3,(H,22,32)(H,24,27)(H,28,29)(H,30,31)(H,23,25,26)/t6-,8+,9+,10+,17+/m1/s1. The molecule has 16 heteroatoms. The Bertz CT molecular complexity index is 1010. The van der Waals surface area contributed by atoms with Gasteiger partial charge in [-0.15, -0.1) is 10.2 Å². The highest BCUT2D eigenvalue weighted by molar-refractivity contribution is 7.99. The van der Waals surface area contributed by atoms with E-state index in [1.165, 1.54) is 0 Å². The fourth-order valence-corrected chi connectivity index (χ4v) is 5.58. The number of fused-ring (bicyclic) bond motifs is 1. The molecule has 0 aromatic carbocycles. The molecular formula is C18H22F3N5O7S. The van der Waals surface area contributed by atoms with Crippen LogP contribution in [0, 0.1) is 17.8 Å². The highest BCUT2D eigenvalue weighted by atomic mass is 32.2. The number of amides is 2. The summed E-state index contributed by atoms with van der Waals surface area (Å²) >= 11 is 0.734. The topological polar surface area (TPSA) is 184 Å². The fraction of sp³-hybridized carbons (Fsp3) is 0.667. The molecule has 5 atom stereocenters. The number of thioether (sulfide) groups is 1. The van der Waals surface area contributed by atoms with Crippen molar-refractivity contribution in [2.45, 2.75) is 54.9 Å². The zero-order valence-electron chi connectivity index (χ0n) is 18.1. The van der Waals surface area contributed by atoms with Crippen LogP contribution >= 0.6 is 11.8 Å². The zero-order chi connectivity index (χ0) is 25.6. The number of halogens is 3. The maximum atomic E-state index is 12.8. The van der Waals surface area contributed by atoms with Gasteiger partial charge in [0.1, 0.15) is 17.7 Å². The third kappa shape index (κ3) is 5.20. The van der Waals surface area contributed by atoms with Crippen molar-refractivity contribution in [1.82, 2.24) is 25.8 Å². The molecule has 188 valence electrons. The normalized spacial score (nSPS) is 28.1. The van der Waals surface area contributed by atoms with Gasteiger partial charge in [0.2, 0.25) is 11.7 Å². The van der Waals surface area contributed by atoms with Gasteiger partial charge >= 0.3 is 24.2 Å². The van der Waals surface area contributed by atoms with E-state index in [-0.39, 0.29) is 11.6 Å². The Morgan fingerprint density at radius 2 is 1.85 bits per heavy atom. The van der Waals surface area contributed by atoms with Crippen LogP contribution < -0.4 is 10.6 Å². The van der Waals surface area contributed by atoms with Crippen LogP contribution in [0.25, 0.3) is 0 Å². The van der Waals surface area contributed by atoms with Crippen molar-refractivity contribution in [2.24, 2.45) is 17.8 Å². The Labute approximate surface area is 194 Å². The summed E-state index contributed by atoms with van der Waals surface area (Å²) < 4.78 is 43.3. The first-order valence-corrected chi connectivity index (χ1v) is 10.8. The molecule has 0 bridgehead atoms. The predicted octanol–water partition coefficient (Wildman–Crippen LogP) is 1.10. The summed E-state index contributed by atoms with van der Waals surface area (Å²) in [6, 6.07) is 0. The maximum absolute atomic E-state index is 12.8. The van der Waals surface area contributed by atoms with Gasteiger partial charge in [0.15, 0.2) is 5.16 Å². The Kier molecular flexibility index (Phi) is 6.49. The number of alkyl carbamates (subject to hydrolysis) is 1. The highest BCUT2D eigenvalue weighted by Gasteiger charge is 2.75. The number of aromatic nitrogens is 3. The first-order valence-electron chi connectivity index (χ1n) is 9.96. The van der Waals surface area contributed by atoms with Gasteiger partial charge in [0, 0.05) is 11.2 Å². The maximum Gasteiger partial charge on any atom is 0.451 e. The predicted molar refractivity (Wildman–Crippen MR) is 106 cm³/mol. The Balaban J connectivity index is 1.74. The number of nitrogens with zero attached hydrogens (tertiary/aromatic N) is 2. The van der Waals surface area contributed by atoms with E-state index in [2.05, 4.69) is 20.8 Å². The number of H-pyrrole nitrogens is 1. The number of carboxylic acid groups (broad SMARTS) is 2. The Morgan fingerprint density at radius 1 is 1.21 bits per heavy atom. The molecule has 5 N–H and O–H groups in total. The molecular weight excluding hydrogens is 487 g/mol. The molecule has 0 spiro atoms. The van der Waals surface area contributed by atoms with Crippen molar-refractivity contribution in [3.8, 4) is 0 Å². The molecule has 1 aromatic heterocycles. The van der Waals surface area contributed by atoms with Gasteiger partial charge < -0.3 is 30.6 Å². The van der Waals surface area contributed by atoms with Crippen molar-refractivity contribution >= 4 is 35.7 Å². The van der Waals surface area contributed by atoms with E-state index in [0.29, 0.717) is 0 Å². The molecule has 0 radical (unpaired) electrons. The van der Waals surface area contributed by atoms with E-state index in [1.807, 2.05) is 4.98 Å². The van der Waals surface area contributed by atoms with Crippen molar-refractivity contribution in [1.29, 1.82) is 0 Å². The lowest BCUT2D eigenvalue weighted by atomic mass is 9.90. The molecule has 2 amide bonds. The number of nitrogens with one attached hydrogen (secondary N) is 3. The number of alkyl halides is 3. The average Bonchev–Trinajstić information content (AvgIpc) is 3.11. The van der Waals surface area contributed by atoms with Crippen molar-refractivity contribution in [2.75, 3.05) is 6.54 Å². The summed E-state index contributed by atoms with van der Waals surface area (Å²) in [5, 5.41) is 29.3. The van der Waals surface area contributed by atoms with E-state index in [4.69, 9.17) is 4.74 Å². The van der Waals surface area contributed by atoms with Crippen LogP contribution in [0.15, 0.2) is 5.16 Å². The van der Waals surface area contributed by atoms with Crippen LogP contribution in [-0.4, -0.2) is 72.3 Å². The van der Waals surface area contributed by atoms with E-state index in [9.17, 15) is 42.6 Å². The summed E-state index contributed by atoms with van der Waals surface area (Å²) in [6.07, 6.45) is -5.95. The lowest BCUT2D eigenvalue weighted by molar-refractivity contribution is -0.149. The fourth-order valence-electron chi connectivity index (χ4n) is 4.21. The number of carbonyl (C=O) groups excluding carboxylic acids is 2. The lowest BCUT2D eigenvalue weighted by Crippen LogP contribution is -2.58. The molecule has 1 aromatic rings. The lowest BCUT2D eigenvalue weighted by Gasteiger charge is -2.30. The number of ether oxygens (including phenoxy) is 1. The smallest absolute Gasteiger partial charge is 0.451 e. The number of rotatable bonds is 7. The van der Waals surface area contributed by atoms with Crippen molar-refractivity contribution in [3.63, 3.8) is 0 Å². The molecule has 2 aliphatic rings. The highest BCUT2D eigenvalue weighted by Crippen LogP contribution is 2.65. The third-order valence-electron chi connectivity index (χ3n) is 5.42. The molecule has 2 aliphatic carbocycles. The van der Waals surface area contributed by atoms with Gasteiger partial charge in [-0.05, 0) is 33.1 Å². The summed E-state index contributed by atoms with van der Waals surface area (Å²) in [5.74, 6) is -7.90. The van der Waals surface area contributed by atoms with E-state index < -0.39 is 76.6 Å². The van der Waals surface area contributed by atoms with E-state index in [0.717, 1.165) is 11.8 Å². The molecule has 0 unspecified atom stereocenters. The molecule has 0 saturated heterocycles. The Morgan fingerprint density at radius 3 is 2.35 bits per heavy atom.